The number of aromatic amines is 1. The lowest BCUT2D eigenvalue weighted by Gasteiger charge is -2.54. The van der Waals surface area contributed by atoms with Gasteiger partial charge < -0.3 is 9.47 Å². The number of H-pyrrole nitrogens is 1. The van der Waals surface area contributed by atoms with Crippen LogP contribution in [-0.2, 0) is 19.8 Å². The minimum atomic E-state index is -0.710. The molecule has 2 saturated heterocycles. The van der Waals surface area contributed by atoms with Crippen LogP contribution in [0.15, 0.2) is 37.1 Å². The number of carbonyl (C=O) groups excluding carboxylic acids is 2. The summed E-state index contributed by atoms with van der Waals surface area (Å²) in [4.78, 5) is 30.2. The molecule has 0 aliphatic carbocycles. The molecule has 0 bridgehead atoms. The third-order valence-corrected chi connectivity index (χ3v) is 7.71. The summed E-state index contributed by atoms with van der Waals surface area (Å²) in [6.45, 7) is 18.3. The maximum absolute atomic E-state index is 13.7. The number of amides is 1. The second kappa shape index (κ2) is 10.7. The molecule has 2 aromatic rings. The zero-order valence-corrected chi connectivity index (χ0v) is 23.9. The molecule has 8 nitrogen and oxygen atoms in total. The highest BCUT2D eigenvalue weighted by Gasteiger charge is 2.51. The molecule has 4 rings (SSSR count). The van der Waals surface area contributed by atoms with Gasteiger partial charge in [-0.05, 0) is 104 Å². The summed E-state index contributed by atoms with van der Waals surface area (Å²) < 4.78 is 11.5. The van der Waals surface area contributed by atoms with E-state index in [-0.39, 0.29) is 18.0 Å². The summed E-state index contributed by atoms with van der Waals surface area (Å²) in [5, 5.41) is 8.32. The minimum absolute atomic E-state index is 0.172. The van der Waals surface area contributed by atoms with Gasteiger partial charge >= 0.3 is 12.1 Å². The number of carbonyl (C=O) groups is 2. The van der Waals surface area contributed by atoms with Crippen molar-refractivity contribution < 1.29 is 19.1 Å². The maximum Gasteiger partial charge on any atom is 0.411 e. The summed E-state index contributed by atoms with van der Waals surface area (Å²) in [6, 6.07) is 6.27. The molecule has 3 heterocycles. The van der Waals surface area contributed by atoms with Crippen LogP contribution in [0.5, 0.6) is 0 Å². The van der Waals surface area contributed by atoms with E-state index >= 15 is 0 Å². The van der Waals surface area contributed by atoms with Gasteiger partial charge in [-0.25, -0.2) is 4.79 Å². The molecule has 8 heteroatoms. The molecule has 2 aliphatic rings. The highest BCUT2D eigenvalue weighted by atomic mass is 16.6. The molecule has 1 aromatic heterocycles. The van der Waals surface area contributed by atoms with Crippen LogP contribution < -0.4 is 0 Å². The monoisotopic (exact) mass is 524 g/mol. The van der Waals surface area contributed by atoms with E-state index in [4.69, 9.17) is 9.47 Å². The molecule has 2 fully saturated rings. The average molecular weight is 525 g/mol. The van der Waals surface area contributed by atoms with E-state index in [0.717, 1.165) is 55.2 Å². The molecule has 0 radical (unpaired) electrons. The Hall–Kier alpha value is -2.87. The van der Waals surface area contributed by atoms with Crippen molar-refractivity contribution in [2.24, 2.45) is 11.8 Å². The lowest BCUT2D eigenvalue weighted by molar-refractivity contribution is -0.156. The number of piperidine rings is 2. The summed E-state index contributed by atoms with van der Waals surface area (Å²) in [5.41, 5.74) is 0.164. The Kier molecular flexibility index (Phi) is 7.94. The summed E-state index contributed by atoms with van der Waals surface area (Å²) in [7, 11) is 0. The van der Waals surface area contributed by atoms with Gasteiger partial charge in [0, 0.05) is 11.9 Å². The van der Waals surface area contributed by atoms with E-state index in [2.05, 4.69) is 39.9 Å². The van der Waals surface area contributed by atoms with E-state index in [1.54, 1.807) is 0 Å². The number of aromatic nitrogens is 2. The molecule has 0 spiro atoms. The average Bonchev–Trinajstić information content (AvgIpc) is 3.29. The van der Waals surface area contributed by atoms with Crippen LogP contribution in [0.25, 0.3) is 10.9 Å². The first-order valence-corrected chi connectivity index (χ1v) is 13.8. The Morgan fingerprint density at radius 2 is 1.76 bits per heavy atom. The zero-order valence-electron chi connectivity index (χ0n) is 23.9. The fraction of sp³-hybridized carbons (Fsp3) is 0.633. The Labute approximate surface area is 226 Å². The third kappa shape index (κ3) is 6.06. The van der Waals surface area contributed by atoms with E-state index in [0.29, 0.717) is 19.0 Å². The van der Waals surface area contributed by atoms with Gasteiger partial charge in [0.15, 0.2) is 0 Å². The number of hydrogen-bond acceptors (Lipinski definition) is 6. The number of ether oxygens (including phenoxy) is 2. The number of nitrogens with zero attached hydrogens (tertiary/aromatic N) is 3. The second-order valence-electron chi connectivity index (χ2n) is 12.8. The van der Waals surface area contributed by atoms with Crippen molar-refractivity contribution in [3.63, 3.8) is 0 Å². The van der Waals surface area contributed by atoms with Crippen molar-refractivity contribution in [3.05, 3.63) is 42.6 Å². The molecule has 1 N–H and O–H groups in total. The third-order valence-electron chi connectivity index (χ3n) is 7.71. The van der Waals surface area contributed by atoms with Crippen LogP contribution in [0, 0.1) is 11.8 Å². The Bertz CT molecular complexity index is 1150. The largest absolute Gasteiger partial charge is 0.459 e. The summed E-state index contributed by atoms with van der Waals surface area (Å²) in [6.07, 6.45) is 7.24. The molecular weight excluding hydrogens is 480 g/mol. The Morgan fingerprint density at radius 3 is 2.39 bits per heavy atom. The van der Waals surface area contributed by atoms with Gasteiger partial charge in [0.2, 0.25) is 0 Å². The minimum Gasteiger partial charge on any atom is -0.459 e. The molecule has 1 aromatic carbocycles. The highest BCUT2D eigenvalue weighted by molar-refractivity contribution is 5.79. The Balaban J connectivity index is 1.63. The van der Waals surface area contributed by atoms with Crippen molar-refractivity contribution in [1.82, 2.24) is 20.0 Å². The zero-order chi connectivity index (χ0) is 27.7. The predicted octanol–water partition coefficient (Wildman–Crippen LogP) is 5.65. The van der Waals surface area contributed by atoms with Crippen LogP contribution >= 0.6 is 0 Å². The number of fused-ring (bicyclic) bond motifs is 1. The fourth-order valence-corrected chi connectivity index (χ4v) is 6.23. The first-order chi connectivity index (χ1) is 17.8. The van der Waals surface area contributed by atoms with Crippen LogP contribution in [0.1, 0.15) is 72.8 Å². The quantitative estimate of drug-likeness (QED) is 0.402. The topological polar surface area (TPSA) is 87.8 Å². The van der Waals surface area contributed by atoms with Crippen molar-refractivity contribution in [1.29, 1.82) is 0 Å². The molecule has 2 aliphatic heterocycles. The lowest BCUT2D eigenvalue weighted by Crippen LogP contribution is -2.59. The highest BCUT2D eigenvalue weighted by Crippen LogP contribution is 2.50. The second-order valence-corrected chi connectivity index (χ2v) is 12.8. The van der Waals surface area contributed by atoms with Crippen LogP contribution in [-0.4, -0.2) is 69.4 Å². The molecule has 1 amide bonds. The van der Waals surface area contributed by atoms with Crippen molar-refractivity contribution in [2.75, 3.05) is 26.2 Å². The van der Waals surface area contributed by atoms with E-state index in [1.165, 1.54) is 0 Å². The molecular formula is C30H44N4O4. The van der Waals surface area contributed by atoms with Crippen LogP contribution in [0.4, 0.5) is 4.79 Å². The molecule has 38 heavy (non-hydrogen) atoms. The molecule has 208 valence electrons. The SMILES string of the molecule is C=CC1(c2ccc3cn[nH]c3c2)C(C2CCN(CC(=O)OC(C)(C)C)CC2)CCCN1C(=O)OC(C)(C)C. The van der Waals surface area contributed by atoms with E-state index in [9.17, 15) is 9.59 Å². The first-order valence-electron chi connectivity index (χ1n) is 13.8. The summed E-state index contributed by atoms with van der Waals surface area (Å²) in [5.74, 6) is 0.355. The normalized spacial score (nSPS) is 23.8. The Morgan fingerprint density at radius 1 is 1.08 bits per heavy atom. The number of nitrogens with one attached hydrogen (secondary N) is 1. The number of likely N-dealkylation sites (tertiary alicyclic amines) is 2. The van der Waals surface area contributed by atoms with Crippen LogP contribution in [0.3, 0.4) is 0 Å². The molecule has 2 unspecified atom stereocenters. The lowest BCUT2D eigenvalue weighted by atomic mass is 9.64. The number of rotatable bonds is 5. The van der Waals surface area contributed by atoms with Gasteiger partial charge in [-0.1, -0.05) is 18.2 Å². The number of esters is 1. The van der Waals surface area contributed by atoms with Crippen LogP contribution in [0.2, 0.25) is 0 Å². The summed E-state index contributed by atoms with van der Waals surface area (Å²) >= 11 is 0. The maximum atomic E-state index is 13.7. The number of hydrogen-bond donors (Lipinski definition) is 1. The van der Waals surface area contributed by atoms with Gasteiger partial charge in [0.05, 0.1) is 23.8 Å². The smallest absolute Gasteiger partial charge is 0.411 e. The first kappa shape index (κ1) is 28.1. The molecule has 2 atom stereocenters. The van der Waals surface area contributed by atoms with Gasteiger partial charge in [-0.3, -0.25) is 19.7 Å². The van der Waals surface area contributed by atoms with Crippen molar-refractivity contribution in [2.45, 2.75) is 84.0 Å². The fourth-order valence-electron chi connectivity index (χ4n) is 6.23. The van der Waals surface area contributed by atoms with Gasteiger partial charge in [0.25, 0.3) is 0 Å². The van der Waals surface area contributed by atoms with Gasteiger partial charge in [-0.2, -0.15) is 5.10 Å². The van der Waals surface area contributed by atoms with Crippen molar-refractivity contribution in [3.8, 4) is 0 Å². The predicted molar refractivity (Wildman–Crippen MR) is 149 cm³/mol. The van der Waals surface area contributed by atoms with E-state index in [1.807, 2.05) is 58.7 Å². The van der Waals surface area contributed by atoms with Gasteiger partial charge in [-0.15, -0.1) is 6.58 Å². The molecule has 0 saturated carbocycles. The number of benzene rings is 1. The van der Waals surface area contributed by atoms with Crippen molar-refractivity contribution >= 4 is 23.0 Å². The van der Waals surface area contributed by atoms with E-state index < -0.39 is 16.7 Å². The van der Waals surface area contributed by atoms with Gasteiger partial charge in [0.1, 0.15) is 11.2 Å². The standard InChI is InChI=1S/C30H44N4O4/c1-8-30(23-12-11-22-19-31-32-25(22)18-23)24(10-9-15-34(30)27(36)38-29(5,6)7)21-13-16-33(17-14-21)20-26(35)37-28(2,3)4/h8,11-12,18-19,21,24H,1,9-10,13-17,20H2,2-7H3,(H,31,32).